The van der Waals surface area contributed by atoms with Crippen LogP contribution in [0.1, 0.15) is 64.6 Å². The summed E-state index contributed by atoms with van der Waals surface area (Å²) >= 11 is 6.32. The predicted molar refractivity (Wildman–Crippen MR) is 127 cm³/mol. The number of halogens is 1. The highest BCUT2D eigenvalue weighted by Gasteiger charge is 2.33. The van der Waals surface area contributed by atoms with Crippen molar-refractivity contribution < 1.29 is 9.59 Å². The smallest absolute Gasteiger partial charge is 0.259 e. The van der Waals surface area contributed by atoms with Gasteiger partial charge in [0.05, 0.1) is 23.1 Å². The fraction of sp³-hybridized carbons (Fsp3) is 0.320. The average Bonchev–Trinajstić information content (AvgIpc) is 3.54. The van der Waals surface area contributed by atoms with Crippen molar-refractivity contribution in [3.63, 3.8) is 0 Å². The summed E-state index contributed by atoms with van der Waals surface area (Å²) < 4.78 is 1.82. The number of hydrogen-bond donors (Lipinski definition) is 1. The third-order valence-electron chi connectivity index (χ3n) is 5.83. The molecule has 0 atom stereocenters. The first-order chi connectivity index (χ1) is 15.4. The molecular weight excluding hydrogens is 424 g/mol. The standard InChI is InChI=1S/C25H27ClN4O2/c1-4-29(5-2)25(32)18-7-6-8-19(13-18)28-24(31)21-15-27-30(23(21)17-10-11-17)20-12-9-16(3)22(26)14-20/h6-9,12-15,17H,4-5,10-11H2,1-3H3,(H,28,31). The van der Waals surface area contributed by atoms with Crippen LogP contribution in [0.15, 0.2) is 48.7 Å². The largest absolute Gasteiger partial charge is 0.339 e. The summed E-state index contributed by atoms with van der Waals surface area (Å²) in [7, 11) is 0. The van der Waals surface area contributed by atoms with Gasteiger partial charge in [-0.15, -0.1) is 0 Å². The fourth-order valence-electron chi connectivity index (χ4n) is 3.82. The van der Waals surface area contributed by atoms with Crippen molar-refractivity contribution in [1.29, 1.82) is 0 Å². The number of nitrogens with one attached hydrogen (secondary N) is 1. The van der Waals surface area contributed by atoms with Gasteiger partial charge in [0, 0.05) is 35.3 Å². The Kier molecular flexibility index (Phi) is 6.33. The van der Waals surface area contributed by atoms with E-state index in [-0.39, 0.29) is 11.8 Å². The van der Waals surface area contributed by atoms with Gasteiger partial charge in [0.25, 0.3) is 11.8 Å². The topological polar surface area (TPSA) is 67.2 Å². The number of carbonyl (C=O) groups excluding carboxylic acids is 2. The Balaban J connectivity index is 1.61. The maximum atomic E-state index is 13.2. The van der Waals surface area contributed by atoms with Crippen molar-refractivity contribution >= 4 is 29.1 Å². The number of aromatic nitrogens is 2. The van der Waals surface area contributed by atoms with E-state index < -0.39 is 0 Å². The Bertz CT molecular complexity index is 1160. The molecule has 0 bridgehead atoms. The lowest BCUT2D eigenvalue weighted by atomic mass is 10.1. The van der Waals surface area contributed by atoms with Gasteiger partial charge < -0.3 is 10.2 Å². The number of anilines is 1. The first-order valence-electron chi connectivity index (χ1n) is 11.0. The molecule has 0 radical (unpaired) electrons. The van der Waals surface area contributed by atoms with Crippen LogP contribution >= 0.6 is 11.6 Å². The number of nitrogens with zero attached hydrogens (tertiary/aromatic N) is 3. The van der Waals surface area contributed by atoms with Crippen LogP contribution in [0.3, 0.4) is 0 Å². The van der Waals surface area contributed by atoms with E-state index in [4.69, 9.17) is 11.6 Å². The zero-order valence-corrected chi connectivity index (χ0v) is 19.3. The molecule has 4 rings (SSSR count). The molecule has 2 aromatic carbocycles. The maximum Gasteiger partial charge on any atom is 0.259 e. The van der Waals surface area contributed by atoms with E-state index in [0.29, 0.717) is 40.8 Å². The van der Waals surface area contributed by atoms with Crippen LogP contribution in [0.2, 0.25) is 5.02 Å². The molecule has 1 aliphatic carbocycles. The second-order valence-corrected chi connectivity index (χ2v) is 8.48. The van der Waals surface area contributed by atoms with Crippen molar-refractivity contribution in [2.45, 2.75) is 39.5 Å². The Hall–Kier alpha value is -3.12. The van der Waals surface area contributed by atoms with Crippen LogP contribution in [0, 0.1) is 6.92 Å². The third-order valence-corrected chi connectivity index (χ3v) is 6.24. The van der Waals surface area contributed by atoms with Crippen molar-refractivity contribution in [2.75, 3.05) is 18.4 Å². The summed E-state index contributed by atoms with van der Waals surface area (Å²) in [5.74, 6) is 0.0199. The van der Waals surface area contributed by atoms with E-state index >= 15 is 0 Å². The monoisotopic (exact) mass is 450 g/mol. The first-order valence-corrected chi connectivity index (χ1v) is 11.4. The predicted octanol–water partition coefficient (Wildman–Crippen LogP) is 5.45. The van der Waals surface area contributed by atoms with Gasteiger partial charge in [-0.2, -0.15) is 5.10 Å². The summed E-state index contributed by atoms with van der Waals surface area (Å²) in [6, 6.07) is 12.9. The molecule has 3 aromatic rings. The molecule has 1 N–H and O–H groups in total. The summed E-state index contributed by atoms with van der Waals surface area (Å²) in [5, 5.41) is 8.12. The molecule has 7 heteroatoms. The third kappa shape index (κ3) is 4.41. The van der Waals surface area contributed by atoms with Gasteiger partial charge in [-0.3, -0.25) is 9.59 Å². The van der Waals surface area contributed by atoms with E-state index in [9.17, 15) is 9.59 Å². The van der Waals surface area contributed by atoms with E-state index in [1.54, 1.807) is 35.4 Å². The van der Waals surface area contributed by atoms with Crippen LogP contribution < -0.4 is 5.32 Å². The highest BCUT2D eigenvalue weighted by Crippen LogP contribution is 2.42. The summed E-state index contributed by atoms with van der Waals surface area (Å²) in [6.45, 7) is 7.13. The van der Waals surface area contributed by atoms with Gasteiger partial charge >= 0.3 is 0 Å². The number of amides is 2. The van der Waals surface area contributed by atoms with E-state index in [2.05, 4.69) is 10.4 Å². The van der Waals surface area contributed by atoms with Crippen molar-refractivity contribution in [1.82, 2.24) is 14.7 Å². The minimum Gasteiger partial charge on any atom is -0.339 e. The van der Waals surface area contributed by atoms with Crippen LogP contribution in [-0.2, 0) is 0 Å². The van der Waals surface area contributed by atoms with Gasteiger partial charge in [-0.05, 0) is 69.5 Å². The molecule has 0 spiro atoms. The van der Waals surface area contributed by atoms with E-state index in [0.717, 1.165) is 29.8 Å². The molecule has 0 saturated heterocycles. The van der Waals surface area contributed by atoms with Gasteiger partial charge in [-0.1, -0.05) is 23.7 Å². The molecule has 32 heavy (non-hydrogen) atoms. The number of rotatable bonds is 7. The maximum absolute atomic E-state index is 13.2. The minimum absolute atomic E-state index is 0.0474. The van der Waals surface area contributed by atoms with Crippen LogP contribution in [-0.4, -0.2) is 39.6 Å². The van der Waals surface area contributed by atoms with Crippen LogP contribution in [0.4, 0.5) is 5.69 Å². The normalized spacial score (nSPS) is 13.1. The lowest BCUT2D eigenvalue weighted by molar-refractivity contribution is 0.0772. The molecule has 166 valence electrons. The highest BCUT2D eigenvalue weighted by molar-refractivity contribution is 6.31. The van der Waals surface area contributed by atoms with Crippen molar-refractivity contribution in [3.05, 3.63) is 76.1 Å². The first kappa shape index (κ1) is 22.1. The highest BCUT2D eigenvalue weighted by atomic mass is 35.5. The average molecular weight is 451 g/mol. The van der Waals surface area contributed by atoms with Crippen LogP contribution in [0.25, 0.3) is 5.69 Å². The second kappa shape index (κ2) is 9.17. The lowest BCUT2D eigenvalue weighted by Gasteiger charge is -2.19. The van der Waals surface area contributed by atoms with E-state index in [1.165, 1.54) is 0 Å². The summed E-state index contributed by atoms with van der Waals surface area (Å²) in [5.41, 5.74) is 4.42. The number of aryl methyl sites for hydroxylation is 1. The Labute approximate surface area is 193 Å². The quantitative estimate of drug-likeness (QED) is 0.520. The minimum atomic E-state index is -0.233. The Morgan fingerprint density at radius 2 is 1.91 bits per heavy atom. The van der Waals surface area contributed by atoms with Gasteiger partial charge in [0.1, 0.15) is 0 Å². The molecule has 1 saturated carbocycles. The molecule has 1 aromatic heterocycles. The van der Waals surface area contributed by atoms with Crippen molar-refractivity contribution in [2.24, 2.45) is 0 Å². The molecular formula is C25H27ClN4O2. The summed E-state index contributed by atoms with van der Waals surface area (Å²) in [4.78, 5) is 27.6. The zero-order chi connectivity index (χ0) is 22.8. The Morgan fingerprint density at radius 1 is 1.16 bits per heavy atom. The molecule has 0 aliphatic heterocycles. The Morgan fingerprint density at radius 3 is 2.56 bits per heavy atom. The molecule has 1 heterocycles. The van der Waals surface area contributed by atoms with Gasteiger partial charge in [0.15, 0.2) is 0 Å². The molecule has 1 aliphatic rings. The van der Waals surface area contributed by atoms with Gasteiger partial charge in [0.2, 0.25) is 0 Å². The number of carbonyl (C=O) groups is 2. The molecule has 0 unspecified atom stereocenters. The molecule has 6 nitrogen and oxygen atoms in total. The van der Waals surface area contributed by atoms with Gasteiger partial charge in [-0.25, -0.2) is 4.68 Å². The SMILES string of the molecule is CCN(CC)C(=O)c1cccc(NC(=O)c2cnn(-c3ccc(C)c(Cl)c3)c2C2CC2)c1. The molecule has 1 fully saturated rings. The second-order valence-electron chi connectivity index (χ2n) is 8.08. The zero-order valence-electron chi connectivity index (χ0n) is 18.6. The van der Waals surface area contributed by atoms with Crippen molar-refractivity contribution in [3.8, 4) is 5.69 Å². The molecule has 2 amide bonds. The number of benzene rings is 2. The summed E-state index contributed by atoms with van der Waals surface area (Å²) in [6.07, 6.45) is 3.67. The van der Waals surface area contributed by atoms with E-state index in [1.807, 2.05) is 43.7 Å². The number of hydrogen-bond acceptors (Lipinski definition) is 3. The fourth-order valence-corrected chi connectivity index (χ4v) is 4.00. The van der Waals surface area contributed by atoms with Crippen LogP contribution in [0.5, 0.6) is 0 Å². The lowest BCUT2D eigenvalue weighted by Crippen LogP contribution is -2.30.